The highest BCUT2D eigenvalue weighted by molar-refractivity contribution is 7.80. The zero-order valence-electron chi connectivity index (χ0n) is 15.2. The van der Waals surface area contributed by atoms with Gasteiger partial charge in [-0.15, -0.1) is 0 Å². The van der Waals surface area contributed by atoms with Crippen molar-refractivity contribution < 1.29 is 9.59 Å². The van der Waals surface area contributed by atoms with Crippen molar-refractivity contribution in [3.63, 3.8) is 0 Å². The van der Waals surface area contributed by atoms with Gasteiger partial charge in [0.2, 0.25) is 5.91 Å². The fourth-order valence-corrected chi connectivity index (χ4v) is 2.91. The van der Waals surface area contributed by atoms with Gasteiger partial charge in [-0.25, -0.2) is 0 Å². The van der Waals surface area contributed by atoms with Gasteiger partial charge in [0.1, 0.15) is 0 Å². The van der Waals surface area contributed by atoms with E-state index in [1.165, 1.54) is 6.08 Å². The van der Waals surface area contributed by atoms with Crippen LogP contribution in [0.15, 0.2) is 72.8 Å². The molecule has 0 spiro atoms. The van der Waals surface area contributed by atoms with Gasteiger partial charge >= 0.3 is 0 Å². The van der Waals surface area contributed by atoms with Crippen molar-refractivity contribution in [3.8, 4) is 0 Å². The van der Waals surface area contributed by atoms with Gasteiger partial charge < -0.3 is 0 Å². The van der Waals surface area contributed by atoms with E-state index in [0.717, 1.165) is 21.9 Å². The number of hydrogen-bond donors (Lipinski definition) is 3. The summed E-state index contributed by atoms with van der Waals surface area (Å²) in [6, 6.07) is 21.0. The van der Waals surface area contributed by atoms with E-state index in [1.807, 2.05) is 61.5 Å². The first-order chi connectivity index (χ1) is 13.5. The summed E-state index contributed by atoms with van der Waals surface area (Å²) < 4.78 is 0. The first-order valence-corrected chi connectivity index (χ1v) is 9.08. The Balaban J connectivity index is 1.56. The third kappa shape index (κ3) is 4.81. The Morgan fingerprint density at radius 2 is 1.61 bits per heavy atom. The summed E-state index contributed by atoms with van der Waals surface area (Å²) in [6.07, 6.45) is 3.13. The van der Waals surface area contributed by atoms with Crippen LogP contribution in [0.3, 0.4) is 0 Å². The molecule has 0 bridgehead atoms. The molecule has 6 heteroatoms. The molecule has 0 saturated heterocycles. The second-order valence-electron chi connectivity index (χ2n) is 6.11. The van der Waals surface area contributed by atoms with Crippen LogP contribution in [0.5, 0.6) is 0 Å². The van der Waals surface area contributed by atoms with E-state index < -0.39 is 5.91 Å². The average molecular weight is 389 g/mol. The Bertz CT molecular complexity index is 1070. The summed E-state index contributed by atoms with van der Waals surface area (Å²) in [5.41, 5.74) is 7.31. The molecule has 2 amide bonds. The number of nitrogens with one attached hydrogen (secondary N) is 3. The van der Waals surface area contributed by atoms with Gasteiger partial charge in [-0.3, -0.25) is 25.8 Å². The number of carbonyl (C=O) groups excluding carboxylic acids is 2. The Morgan fingerprint density at radius 1 is 0.893 bits per heavy atom. The lowest BCUT2D eigenvalue weighted by Crippen LogP contribution is -2.48. The highest BCUT2D eigenvalue weighted by Crippen LogP contribution is 2.19. The molecular weight excluding hydrogens is 370 g/mol. The lowest BCUT2D eigenvalue weighted by molar-refractivity contribution is -0.115. The summed E-state index contributed by atoms with van der Waals surface area (Å²) in [6.45, 7) is 1.84. The predicted molar refractivity (Wildman–Crippen MR) is 116 cm³/mol. The molecule has 3 aromatic carbocycles. The van der Waals surface area contributed by atoms with Crippen molar-refractivity contribution >= 4 is 46.0 Å². The lowest BCUT2D eigenvalue weighted by Gasteiger charge is -2.11. The lowest BCUT2D eigenvalue weighted by atomic mass is 10.0. The Morgan fingerprint density at radius 3 is 2.43 bits per heavy atom. The minimum Gasteiger partial charge on any atom is -0.298 e. The van der Waals surface area contributed by atoms with Gasteiger partial charge in [-0.05, 0) is 53.2 Å². The van der Waals surface area contributed by atoms with Gasteiger partial charge in [0.15, 0.2) is 5.11 Å². The van der Waals surface area contributed by atoms with E-state index in [1.54, 1.807) is 18.2 Å². The molecule has 0 aliphatic heterocycles. The van der Waals surface area contributed by atoms with Crippen molar-refractivity contribution in [1.82, 2.24) is 16.2 Å². The van der Waals surface area contributed by atoms with E-state index in [-0.39, 0.29) is 11.0 Å². The third-order valence-electron chi connectivity index (χ3n) is 4.15. The number of hydrazine groups is 1. The molecule has 0 aromatic heterocycles. The number of aryl methyl sites for hydroxylation is 1. The summed E-state index contributed by atoms with van der Waals surface area (Å²) in [5.74, 6) is -0.725. The molecule has 3 aromatic rings. The zero-order valence-corrected chi connectivity index (χ0v) is 16.0. The molecule has 0 aliphatic rings. The predicted octanol–water partition coefficient (Wildman–Crippen LogP) is 3.50. The maximum absolute atomic E-state index is 12.1. The Kier molecular flexibility index (Phi) is 6.14. The van der Waals surface area contributed by atoms with Crippen LogP contribution in [0.4, 0.5) is 0 Å². The van der Waals surface area contributed by atoms with Gasteiger partial charge in [0.25, 0.3) is 5.91 Å². The second-order valence-corrected chi connectivity index (χ2v) is 6.52. The first-order valence-electron chi connectivity index (χ1n) is 8.67. The van der Waals surface area contributed by atoms with Crippen LogP contribution in [0, 0.1) is 6.92 Å². The monoisotopic (exact) mass is 389 g/mol. The van der Waals surface area contributed by atoms with Crippen molar-refractivity contribution in [1.29, 1.82) is 0 Å². The molecule has 3 N–H and O–H groups in total. The quantitative estimate of drug-likeness (QED) is 0.364. The molecule has 5 nitrogen and oxygen atoms in total. The molecule has 0 radical (unpaired) electrons. The van der Waals surface area contributed by atoms with E-state index in [4.69, 9.17) is 12.2 Å². The maximum Gasteiger partial charge on any atom is 0.269 e. The number of carbonyl (C=O) groups is 2. The molecule has 0 fully saturated rings. The number of thiocarbonyl (C=S) groups is 1. The van der Waals surface area contributed by atoms with Crippen LogP contribution in [0.25, 0.3) is 16.8 Å². The van der Waals surface area contributed by atoms with E-state index in [9.17, 15) is 9.59 Å². The summed E-state index contributed by atoms with van der Waals surface area (Å²) in [5, 5.41) is 4.66. The van der Waals surface area contributed by atoms with Crippen LogP contribution in [0.1, 0.15) is 21.5 Å². The molecule has 0 unspecified atom stereocenters. The normalized spacial score (nSPS) is 10.6. The van der Waals surface area contributed by atoms with Crippen molar-refractivity contribution in [2.45, 2.75) is 6.92 Å². The number of benzene rings is 3. The topological polar surface area (TPSA) is 70.2 Å². The smallest absolute Gasteiger partial charge is 0.269 e. The molecular formula is C22H19N3O2S. The molecule has 140 valence electrons. The highest BCUT2D eigenvalue weighted by Gasteiger charge is 2.08. The zero-order chi connectivity index (χ0) is 19.9. The largest absolute Gasteiger partial charge is 0.298 e. The van der Waals surface area contributed by atoms with Crippen LogP contribution in [0.2, 0.25) is 0 Å². The summed E-state index contributed by atoms with van der Waals surface area (Å²) in [4.78, 5) is 24.2. The van der Waals surface area contributed by atoms with E-state index >= 15 is 0 Å². The molecule has 28 heavy (non-hydrogen) atoms. The van der Waals surface area contributed by atoms with Crippen LogP contribution >= 0.6 is 12.2 Å². The van der Waals surface area contributed by atoms with Crippen LogP contribution < -0.4 is 16.2 Å². The van der Waals surface area contributed by atoms with E-state index in [2.05, 4.69) is 16.2 Å². The second kappa shape index (κ2) is 8.92. The standard InChI is InChI=1S/C22H19N3O2S/c1-15-7-2-4-11-18(15)21(27)24-25-22(28)23-20(26)14-13-17-10-6-9-16-8-3-5-12-19(16)17/h2-14H,1H3,(H,24,27)(H2,23,25,26,28). The third-order valence-corrected chi connectivity index (χ3v) is 4.36. The fourth-order valence-electron chi connectivity index (χ4n) is 2.75. The minimum absolute atomic E-state index is 0.00880. The molecule has 0 atom stereocenters. The van der Waals surface area contributed by atoms with Gasteiger partial charge in [0.05, 0.1) is 0 Å². The number of rotatable bonds is 3. The van der Waals surface area contributed by atoms with Crippen LogP contribution in [-0.2, 0) is 4.79 Å². The van der Waals surface area contributed by atoms with Crippen molar-refractivity contribution in [2.75, 3.05) is 0 Å². The maximum atomic E-state index is 12.1. The van der Waals surface area contributed by atoms with Crippen LogP contribution in [-0.4, -0.2) is 16.9 Å². The minimum atomic E-state index is -0.393. The van der Waals surface area contributed by atoms with E-state index in [0.29, 0.717) is 5.56 Å². The molecule has 0 saturated carbocycles. The number of amides is 2. The summed E-state index contributed by atoms with van der Waals surface area (Å²) >= 11 is 5.05. The SMILES string of the molecule is Cc1ccccc1C(=O)NNC(=S)NC(=O)C=Cc1cccc2ccccc12. The molecule has 3 rings (SSSR count). The Labute approximate surface area is 168 Å². The number of fused-ring (bicyclic) bond motifs is 1. The van der Waals surface area contributed by atoms with Gasteiger partial charge in [-0.1, -0.05) is 60.7 Å². The molecule has 0 heterocycles. The Hall–Kier alpha value is -3.51. The number of hydrogen-bond acceptors (Lipinski definition) is 3. The van der Waals surface area contributed by atoms with Gasteiger partial charge in [0, 0.05) is 11.6 Å². The summed E-state index contributed by atoms with van der Waals surface area (Å²) in [7, 11) is 0. The highest BCUT2D eigenvalue weighted by atomic mass is 32.1. The average Bonchev–Trinajstić information content (AvgIpc) is 2.70. The molecule has 0 aliphatic carbocycles. The van der Waals surface area contributed by atoms with Crippen molar-refractivity contribution in [2.24, 2.45) is 0 Å². The van der Waals surface area contributed by atoms with Gasteiger partial charge in [-0.2, -0.15) is 0 Å². The fraction of sp³-hybridized carbons (Fsp3) is 0.0455. The first kappa shape index (κ1) is 19.3. The van der Waals surface area contributed by atoms with Crippen molar-refractivity contribution in [3.05, 3.63) is 89.5 Å².